The molecular formula is C32H27Cl2N3O3S. The number of thioether (sulfide) groups is 1. The van der Waals surface area contributed by atoms with Crippen LogP contribution in [0.2, 0.25) is 10.0 Å². The van der Waals surface area contributed by atoms with Gasteiger partial charge in [-0.1, -0.05) is 65.7 Å². The highest BCUT2D eigenvalue weighted by molar-refractivity contribution is 8.00. The van der Waals surface area contributed by atoms with Crippen LogP contribution in [0.4, 0.5) is 11.4 Å². The average molecular weight is 605 g/mol. The van der Waals surface area contributed by atoms with Crippen molar-refractivity contribution in [2.45, 2.75) is 18.7 Å². The summed E-state index contributed by atoms with van der Waals surface area (Å²) in [5, 5.41) is 9.02. The first-order valence-corrected chi connectivity index (χ1v) is 14.4. The summed E-state index contributed by atoms with van der Waals surface area (Å²) in [4.78, 5) is 39.5. The van der Waals surface area contributed by atoms with Gasteiger partial charge in [-0.05, 0) is 85.1 Å². The number of benzene rings is 4. The van der Waals surface area contributed by atoms with Crippen LogP contribution < -0.4 is 16.0 Å². The maximum absolute atomic E-state index is 13.3. The lowest BCUT2D eigenvalue weighted by Gasteiger charge is -2.12. The minimum Gasteiger partial charge on any atom is -0.325 e. The fourth-order valence-electron chi connectivity index (χ4n) is 3.77. The fourth-order valence-corrected chi connectivity index (χ4v) is 4.83. The van der Waals surface area contributed by atoms with Crippen molar-refractivity contribution in [3.05, 3.63) is 129 Å². The number of amides is 3. The van der Waals surface area contributed by atoms with E-state index in [0.29, 0.717) is 21.8 Å². The van der Waals surface area contributed by atoms with Crippen LogP contribution in [-0.4, -0.2) is 23.5 Å². The molecule has 0 aromatic heterocycles. The van der Waals surface area contributed by atoms with Crippen LogP contribution in [0, 0.1) is 13.8 Å². The van der Waals surface area contributed by atoms with Crippen molar-refractivity contribution in [3.63, 3.8) is 0 Å². The summed E-state index contributed by atoms with van der Waals surface area (Å²) < 4.78 is 0. The number of carbonyl (C=O) groups excluding carboxylic acids is 3. The van der Waals surface area contributed by atoms with Crippen LogP contribution in [0.15, 0.2) is 102 Å². The van der Waals surface area contributed by atoms with Crippen molar-refractivity contribution in [1.82, 2.24) is 5.32 Å². The Morgan fingerprint density at radius 2 is 1.56 bits per heavy atom. The zero-order valence-electron chi connectivity index (χ0n) is 22.3. The smallest absolute Gasteiger partial charge is 0.272 e. The number of hydrogen-bond donors (Lipinski definition) is 3. The van der Waals surface area contributed by atoms with Gasteiger partial charge >= 0.3 is 0 Å². The van der Waals surface area contributed by atoms with E-state index < -0.39 is 11.8 Å². The van der Waals surface area contributed by atoms with E-state index in [4.69, 9.17) is 23.2 Å². The van der Waals surface area contributed by atoms with Gasteiger partial charge in [-0.3, -0.25) is 14.4 Å². The summed E-state index contributed by atoms with van der Waals surface area (Å²) in [5.41, 5.74) is 4.25. The van der Waals surface area contributed by atoms with E-state index in [0.717, 1.165) is 21.7 Å². The second kappa shape index (κ2) is 14.0. The van der Waals surface area contributed by atoms with Crippen LogP contribution in [0.1, 0.15) is 27.0 Å². The molecule has 0 unspecified atom stereocenters. The van der Waals surface area contributed by atoms with E-state index in [2.05, 4.69) is 16.0 Å². The summed E-state index contributed by atoms with van der Waals surface area (Å²) in [6.45, 7) is 3.93. The largest absolute Gasteiger partial charge is 0.325 e. The first-order valence-electron chi connectivity index (χ1n) is 12.6. The van der Waals surface area contributed by atoms with Crippen molar-refractivity contribution in [1.29, 1.82) is 0 Å². The van der Waals surface area contributed by atoms with Gasteiger partial charge in [-0.2, -0.15) is 0 Å². The van der Waals surface area contributed by atoms with Gasteiger partial charge in [0.1, 0.15) is 5.70 Å². The fraction of sp³-hybridized carbons (Fsp3) is 0.0938. The highest BCUT2D eigenvalue weighted by atomic mass is 35.5. The molecule has 0 heterocycles. The lowest BCUT2D eigenvalue weighted by atomic mass is 10.1. The zero-order valence-corrected chi connectivity index (χ0v) is 24.7. The number of nitrogens with one attached hydrogen (secondary N) is 3. The lowest BCUT2D eigenvalue weighted by molar-refractivity contribution is -0.114. The SMILES string of the molecule is Cc1ccc(C)c(NC(=O)CSc2ccc(NC(=O)/C(=C/c3cccc(Cl)c3Cl)NC(=O)c3ccccc3)cc2)c1. The maximum Gasteiger partial charge on any atom is 0.272 e. The van der Waals surface area contributed by atoms with Gasteiger partial charge in [0.25, 0.3) is 11.8 Å². The molecule has 0 atom stereocenters. The third-order valence-electron chi connectivity index (χ3n) is 5.96. The topological polar surface area (TPSA) is 87.3 Å². The normalized spacial score (nSPS) is 11.1. The molecule has 9 heteroatoms. The quantitative estimate of drug-likeness (QED) is 0.135. The van der Waals surface area contributed by atoms with Gasteiger partial charge in [0.15, 0.2) is 0 Å². The molecule has 0 radical (unpaired) electrons. The van der Waals surface area contributed by atoms with Crippen LogP contribution in [-0.2, 0) is 9.59 Å². The Morgan fingerprint density at radius 3 is 2.29 bits per heavy atom. The van der Waals surface area contributed by atoms with Gasteiger partial charge in [0.2, 0.25) is 5.91 Å². The van der Waals surface area contributed by atoms with Crippen LogP contribution in [0.3, 0.4) is 0 Å². The van der Waals surface area contributed by atoms with E-state index in [1.54, 1.807) is 60.7 Å². The predicted octanol–water partition coefficient (Wildman–Crippen LogP) is 7.75. The van der Waals surface area contributed by atoms with Crippen molar-refractivity contribution in [2.24, 2.45) is 0 Å². The van der Waals surface area contributed by atoms with E-state index in [9.17, 15) is 14.4 Å². The second-order valence-corrected chi connectivity index (χ2v) is 11.0. The summed E-state index contributed by atoms with van der Waals surface area (Å²) >= 11 is 13.9. The number of carbonyl (C=O) groups is 3. The first-order chi connectivity index (χ1) is 19.7. The molecule has 0 saturated heterocycles. The first kappa shape index (κ1) is 29.9. The highest BCUT2D eigenvalue weighted by Gasteiger charge is 2.16. The average Bonchev–Trinajstić information content (AvgIpc) is 2.97. The molecular weight excluding hydrogens is 577 g/mol. The summed E-state index contributed by atoms with van der Waals surface area (Å²) in [6.07, 6.45) is 1.48. The van der Waals surface area contributed by atoms with E-state index >= 15 is 0 Å². The third-order valence-corrected chi connectivity index (χ3v) is 7.80. The predicted molar refractivity (Wildman–Crippen MR) is 169 cm³/mol. The van der Waals surface area contributed by atoms with E-state index in [1.807, 2.05) is 44.2 Å². The van der Waals surface area contributed by atoms with Gasteiger partial charge < -0.3 is 16.0 Å². The number of rotatable bonds is 9. The Morgan fingerprint density at radius 1 is 0.829 bits per heavy atom. The Hall–Kier alpha value is -4.04. The Kier molecular flexibility index (Phi) is 10.2. The van der Waals surface area contributed by atoms with Crippen molar-refractivity contribution in [2.75, 3.05) is 16.4 Å². The Balaban J connectivity index is 1.43. The molecule has 3 amide bonds. The molecule has 0 aliphatic heterocycles. The van der Waals surface area contributed by atoms with E-state index in [1.165, 1.54) is 17.8 Å². The molecule has 4 aromatic carbocycles. The van der Waals surface area contributed by atoms with Gasteiger partial charge in [-0.15, -0.1) is 11.8 Å². The number of anilines is 2. The molecule has 4 rings (SSSR count). The van der Waals surface area contributed by atoms with Crippen molar-refractivity contribution in [3.8, 4) is 0 Å². The van der Waals surface area contributed by atoms with Crippen molar-refractivity contribution < 1.29 is 14.4 Å². The summed E-state index contributed by atoms with van der Waals surface area (Å²) in [6, 6.07) is 26.6. The second-order valence-electron chi connectivity index (χ2n) is 9.15. The Bertz CT molecular complexity index is 1610. The van der Waals surface area contributed by atoms with Crippen LogP contribution in [0.25, 0.3) is 6.08 Å². The number of halogens is 2. The molecule has 6 nitrogen and oxygen atoms in total. The molecule has 41 heavy (non-hydrogen) atoms. The highest BCUT2D eigenvalue weighted by Crippen LogP contribution is 2.27. The maximum atomic E-state index is 13.3. The Labute approximate surface area is 253 Å². The molecule has 0 aliphatic carbocycles. The molecule has 208 valence electrons. The van der Waals surface area contributed by atoms with Gasteiger partial charge in [0.05, 0.1) is 15.8 Å². The van der Waals surface area contributed by atoms with Crippen LogP contribution >= 0.6 is 35.0 Å². The zero-order chi connectivity index (χ0) is 29.4. The lowest BCUT2D eigenvalue weighted by Crippen LogP contribution is -2.30. The summed E-state index contributed by atoms with van der Waals surface area (Å²) in [7, 11) is 0. The molecule has 4 aromatic rings. The van der Waals surface area contributed by atoms with Crippen LogP contribution in [0.5, 0.6) is 0 Å². The van der Waals surface area contributed by atoms with Crippen molar-refractivity contribution >= 4 is 70.1 Å². The molecule has 0 fully saturated rings. The van der Waals surface area contributed by atoms with Gasteiger partial charge in [0, 0.05) is 21.8 Å². The standard InChI is InChI=1S/C32H27Cl2N3O3S/c1-20-11-12-21(2)27(17-20)36-29(38)19-41-25-15-13-24(14-16-25)35-32(40)28(18-23-9-6-10-26(33)30(23)34)37-31(39)22-7-4-3-5-8-22/h3-18H,19H2,1-2H3,(H,35,40)(H,36,38)(H,37,39)/b28-18-. The molecule has 0 bridgehead atoms. The molecule has 3 N–H and O–H groups in total. The van der Waals surface area contributed by atoms with Gasteiger partial charge in [-0.25, -0.2) is 0 Å². The third kappa shape index (κ3) is 8.47. The minimum atomic E-state index is -0.543. The summed E-state index contributed by atoms with van der Waals surface area (Å²) in [5.74, 6) is -0.864. The molecule has 0 spiro atoms. The van der Waals surface area contributed by atoms with E-state index in [-0.39, 0.29) is 22.4 Å². The molecule has 0 aliphatic rings. The number of hydrogen-bond acceptors (Lipinski definition) is 4. The monoisotopic (exact) mass is 603 g/mol. The molecule has 0 saturated carbocycles. The number of aryl methyl sites for hydroxylation is 2. The minimum absolute atomic E-state index is 0.00964.